The van der Waals surface area contributed by atoms with Gasteiger partial charge in [0.2, 0.25) is 5.88 Å². The summed E-state index contributed by atoms with van der Waals surface area (Å²) in [5.41, 5.74) is 6.80. The van der Waals surface area contributed by atoms with E-state index in [1.54, 1.807) is 18.3 Å². The molecule has 2 aromatic rings. The molecule has 2 N–H and O–H groups in total. The molecule has 6 nitrogen and oxygen atoms in total. The van der Waals surface area contributed by atoms with E-state index in [1.165, 1.54) is 18.4 Å². The smallest absolute Gasteiger partial charge is 0.254 e. The molecule has 0 saturated carbocycles. The number of ether oxygens (including phenoxy) is 2. The third-order valence-corrected chi connectivity index (χ3v) is 4.16. The minimum Gasteiger partial charge on any atom is -0.490 e. The van der Waals surface area contributed by atoms with Gasteiger partial charge in [-0.05, 0) is 62.7 Å². The van der Waals surface area contributed by atoms with Crippen LogP contribution in [-0.2, 0) is 6.54 Å². The average Bonchev–Trinajstić information content (AvgIpc) is 3.11. The summed E-state index contributed by atoms with van der Waals surface area (Å²) in [5, 5.41) is 0. The quantitative estimate of drug-likeness (QED) is 0.838. The summed E-state index contributed by atoms with van der Waals surface area (Å²) in [4.78, 5) is 18.1. The number of carbonyl (C=O) groups is 1. The largest absolute Gasteiger partial charge is 0.490 e. The van der Waals surface area contributed by atoms with Gasteiger partial charge in [0.15, 0.2) is 11.5 Å². The summed E-state index contributed by atoms with van der Waals surface area (Å²) in [6.07, 6.45) is 4.08. The van der Waals surface area contributed by atoms with Crippen LogP contribution >= 0.6 is 0 Å². The van der Waals surface area contributed by atoms with Crippen LogP contribution in [0.25, 0.3) is 0 Å². The summed E-state index contributed by atoms with van der Waals surface area (Å²) in [7, 11) is 0. The highest BCUT2D eigenvalue weighted by molar-refractivity contribution is 5.95. The van der Waals surface area contributed by atoms with Gasteiger partial charge >= 0.3 is 0 Å². The summed E-state index contributed by atoms with van der Waals surface area (Å²) >= 11 is 0. The highest BCUT2D eigenvalue weighted by Crippen LogP contribution is 2.33. The molecule has 132 valence electrons. The van der Waals surface area contributed by atoms with E-state index in [9.17, 15) is 4.79 Å². The standard InChI is InChI=1S/C19H23N3O3/c1-2-24-17-12-14(13-22-10-3-4-11-22)7-8-16(17)25-19-15(18(20)23)6-5-9-21-19/h5-9,12H,2-4,10-11,13H2,1H3,(H2,20,23). The summed E-state index contributed by atoms with van der Waals surface area (Å²) in [6.45, 7) is 5.62. The predicted molar refractivity (Wildman–Crippen MR) is 95.0 cm³/mol. The molecule has 1 aliphatic rings. The number of hydrogen-bond donors (Lipinski definition) is 1. The van der Waals surface area contributed by atoms with E-state index in [1.807, 2.05) is 25.1 Å². The number of hydrogen-bond acceptors (Lipinski definition) is 5. The molecular weight excluding hydrogens is 318 g/mol. The summed E-state index contributed by atoms with van der Waals surface area (Å²) in [6, 6.07) is 9.10. The van der Waals surface area contributed by atoms with E-state index in [-0.39, 0.29) is 11.4 Å². The minimum absolute atomic E-state index is 0.184. The number of amides is 1. The maximum absolute atomic E-state index is 11.5. The second-order valence-corrected chi connectivity index (χ2v) is 6.02. The number of rotatable bonds is 7. The van der Waals surface area contributed by atoms with E-state index in [0.29, 0.717) is 18.1 Å². The van der Waals surface area contributed by atoms with Crippen molar-refractivity contribution in [2.24, 2.45) is 5.73 Å². The molecule has 1 aliphatic heterocycles. The van der Waals surface area contributed by atoms with Crippen LogP contribution in [0.3, 0.4) is 0 Å². The second kappa shape index (κ2) is 7.98. The zero-order chi connectivity index (χ0) is 17.6. The number of nitrogens with zero attached hydrogens (tertiary/aromatic N) is 2. The number of pyridine rings is 1. The Morgan fingerprint density at radius 2 is 2.04 bits per heavy atom. The molecule has 1 fully saturated rings. The van der Waals surface area contributed by atoms with Crippen molar-refractivity contribution in [2.45, 2.75) is 26.3 Å². The van der Waals surface area contributed by atoms with E-state index in [2.05, 4.69) is 9.88 Å². The van der Waals surface area contributed by atoms with Crippen molar-refractivity contribution in [1.29, 1.82) is 0 Å². The van der Waals surface area contributed by atoms with Gasteiger partial charge in [-0.1, -0.05) is 6.07 Å². The lowest BCUT2D eigenvalue weighted by molar-refractivity contribution is 0.0997. The molecule has 25 heavy (non-hydrogen) atoms. The first-order valence-electron chi connectivity index (χ1n) is 8.58. The van der Waals surface area contributed by atoms with Gasteiger partial charge in [-0.3, -0.25) is 9.69 Å². The first-order valence-corrected chi connectivity index (χ1v) is 8.58. The van der Waals surface area contributed by atoms with Crippen molar-refractivity contribution in [2.75, 3.05) is 19.7 Å². The van der Waals surface area contributed by atoms with E-state index < -0.39 is 5.91 Å². The van der Waals surface area contributed by atoms with Crippen LogP contribution in [-0.4, -0.2) is 35.5 Å². The fraction of sp³-hybridized carbons (Fsp3) is 0.368. The number of likely N-dealkylation sites (tertiary alicyclic amines) is 1. The Morgan fingerprint density at radius 3 is 2.76 bits per heavy atom. The van der Waals surface area contributed by atoms with Crippen LogP contribution < -0.4 is 15.2 Å². The number of benzene rings is 1. The van der Waals surface area contributed by atoms with Gasteiger partial charge < -0.3 is 15.2 Å². The lowest BCUT2D eigenvalue weighted by atomic mass is 10.2. The monoisotopic (exact) mass is 341 g/mol. The Bertz CT molecular complexity index is 742. The average molecular weight is 341 g/mol. The van der Waals surface area contributed by atoms with E-state index in [0.717, 1.165) is 19.6 Å². The van der Waals surface area contributed by atoms with Crippen LogP contribution in [0.15, 0.2) is 36.5 Å². The van der Waals surface area contributed by atoms with Gasteiger partial charge in [-0.2, -0.15) is 0 Å². The molecule has 0 bridgehead atoms. The minimum atomic E-state index is -0.577. The van der Waals surface area contributed by atoms with Crippen molar-refractivity contribution in [3.63, 3.8) is 0 Å². The van der Waals surface area contributed by atoms with Gasteiger partial charge in [-0.15, -0.1) is 0 Å². The Morgan fingerprint density at radius 1 is 1.24 bits per heavy atom. The highest BCUT2D eigenvalue weighted by Gasteiger charge is 2.16. The number of primary amides is 1. The number of nitrogens with two attached hydrogens (primary N) is 1. The predicted octanol–water partition coefficient (Wildman–Crippen LogP) is 2.97. The topological polar surface area (TPSA) is 77.7 Å². The first kappa shape index (κ1) is 17.2. The van der Waals surface area contributed by atoms with Crippen LogP contribution in [0.5, 0.6) is 17.4 Å². The lowest BCUT2D eigenvalue weighted by Gasteiger charge is -2.17. The maximum Gasteiger partial charge on any atom is 0.254 e. The van der Waals surface area contributed by atoms with Crippen molar-refractivity contribution < 1.29 is 14.3 Å². The first-order chi connectivity index (χ1) is 12.2. The molecule has 0 unspecified atom stereocenters. The molecule has 0 atom stereocenters. The molecule has 0 aliphatic carbocycles. The second-order valence-electron chi connectivity index (χ2n) is 6.02. The van der Waals surface area contributed by atoms with Crippen LogP contribution in [0.4, 0.5) is 0 Å². The molecule has 6 heteroatoms. The van der Waals surface area contributed by atoms with Crippen molar-refractivity contribution in [3.05, 3.63) is 47.7 Å². The SMILES string of the molecule is CCOc1cc(CN2CCCC2)ccc1Oc1ncccc1C(N)=O. The molecule has 0 spiro atoms. The molecule has 3 rings (SSSR count). The van der Waals surface area contributed by atoms with Crippen molar-refractivity contribution in [1.82, 2.24) is 9.88 Å². The van der Waals surface area contributed by atoms with Crippen LogP contribution in [0, 0.1) is 0 Å². The molecule has 1 saturated heterocycles. The summed E-state index contributed by atoms with van der Waals surface area (Å²) in [5.74, 6) is 0.767. The highest BCUT2D eigenvalue weighted by atomic mass is 16.5. The number of aromatic nitrogens is 1. The Labute approximate surface area is 147 Å². The van der Waals surface area contributed by atoms with Crippen molar-refractivity contribution >= 4 is 5.91 Å². The zero-order valence-electron chi connectivity index (χ0n) is 14.4. The molecular formula is C19H23N3O3. The third-order valence-electron chi connectivity index (χ3n) is 4.16. The lowest BCUT2D eigenvalue weighted by Crippen LogP contribution is -2.18. The van der Waals surface area contributed by atoms with Gasteiger partial charge in [0.25, 0.3) is 5.91 Å². The van der Waals surface area contributed by atoms with Gasteiger partial charge in [0.05, 0.1) is 6.61 Å². The Balaban J connectivity index is 1.84. The molecule has 1 amide bonds. The summed E-state index contributed by atoms with van der Waals surface area (Å²) < 4.78 is 11.6. The van der Waals surface area contributed by atoms with E-state index >= 15 is 0 Å². The Kier molecular flexibility index (Phi) is 5.50. The van der Waals surface area contributed by atoms with Crippen molar-refractivity contribution in [3.8, 4) is 17.4 Å². The molecule has 2 heterocycles. The van der Waals surface area contributed by atoms with Crippen LogP contribution in [0.2, 0.25) is 0 Å². The fourth-order valence-electron chi connectivity index (χ4n) is 2.97. The maximum atomic E-state index is 11.5. The fourth-order valence-corrected chi connectivity index (χ4v) is 2.97. The molecule has 0 radical (unpaired) electrons. The molecule has 1 aromatic carbocycles. The van der Waals surface area contributed by atoms with Crippen LogP contribution in [0.1, 0.15) is 35.7 Å². The van der Waals surface area contributed by atoms with Gasteiger partial charge in [0, 0.05) is 12.7 Å². The van der Waals surface area contributed by atoms with Gasteiger partial charge in [-0.25, -0.2) is 4.98 Å². The number of carbonyl (C=O) groups excluding carboxylic acids is 1. The third kappa shape index (κ3) is 4.28. The normalized spacial score (nSPS) is 14.4. The Hall–Kier alpha value is -2.60. The van der Waals surface area contributed by atoms with E-state index in [4.69, 9.17) is 15.2 Å². The zero-order valence-corrected chi connectivity index (χ0v) is 14.4. The van der Waals surface area contributed by atoms with Gasteiger partial charge in [0.1, 0.15) is 5.56 Å². The molecule has 1 aromatic heterocycles.